The Kier molecular flexibility index (Phi) is 5.63. The highest BCUT2D eigenvalue weighted by Crippen LogP contribution is 2.29. The fraction of sp³-hybridized carbons (Fsp3) is 0.190. The van der Waals surface area contributed by atoms with Gasteiger partial charge in [0.15, 0.2) is 0 Å². The molecule has 2 N–H and O–H groups in total. The van der Waals surface area contributed by atoms with Crippen LogP contribution in [0.1, 0.15) is 10.5 Å². The molecule has 0 aliphatic carbocycles. The van der Waals surface area contributed by atoms with E-state index in [2.05, 4.69) is 15.3 Å². The highest BCUT2D eigenvalue weighted by Gasteiger charge is 2.16. The summed E-state index contributed by atoms with van der Waals surface area (Å²) in [4.78, 5) is 34.4. The molecule has 2 aromatic carbocycles. The van der Waals surface area contributed by atoms with Crippen LogP contribution in [0, 0.1) is 0 Å². The number of hydrogen-bond donors (Lipinski definition) is 2. The Hall–Kier alpha value is -2.96. The monoisotopic (exact) mass is 396 g/mol. The average Bonchev–Trinajstić information content (AvgIpc) is 2.66. The number of para-hydroxylation sites is 1. The summed E-state index contributed by atoms with van der Waals surface area (Å²) >= 11 is 0. The average molecular weight is 397 g/mol. The molecule has 2 aromatic heterocycles. The molecule has 0 aliphatic rings. The maximum atomic E-state index is 12.8. The van der Waals surface area contributed by atoms with E-state index in [1.54, 1.807) is 6.20 Å². The molecule has 28 heavy (non-hydrogen) atoms. The minimum atomic E-state index is -0.211. The predicted octanol–water partition coefficient (Wildman–Crippen LogP) is 2.94. The second-order valence-corrected chi connectivity index (χ2v) is 6.83. The Morgan fingerprint density at radius 2 is 1.86 bits per heavy atom. The minimum absolute atomic E-state index is 0. The number of nitrogens with one attached hydrogen (secondary N) is 2. The molecule has 0 fully saturated rings. The van der Waals surface area contributed by atoms with Gasteiger partial charge in [-0.1, -0.05) is 18.2 Å². The van der Waals surface area contributed by atoms with Crippen LogP contribution in [-0.2, 0) is 0 Å². The highest BCUT2D eigenvalue weighted by molar-refractivity contribution is 6.17. The van der Waals surface area contributed by atoms with E-state index < -0.39 is 0 Å². The summed E-state index contributed by atoms with van der Waals surface area (Å²) in [6.45, 7) is 1.28. The molecule has 4 rings (SSSR count). The number of benzene rings is 2. The topological polar surface area (TPSA) is 78.1 Å². The van der Waals surface area contributed by atoms with Crippen molar-refractivity contribution in [2.24, 2.45) is 0 Å². The molecule has 4 aromatic rings. The van der Waals surface area contributed by atoms with E-state index in [9.17, 15) is 9.59 Å². The molecule has 0 radical (unpaired) electrons. The van der Waals surface area contributed by atoms with Crippen molar-refractivity contribution in [2.75, 3.05) is 27.2 Å². The SMILES string of the molecule is CN(C)CCNC(=O)c1nc2ccccc2c2cc3c(=O)[nH]ccc3cc12.Cl. The van der Waals surface area contributed by atoms with E-state index >= 15 is 0 Å². The number of pyridine rings is 2. The quantitative estimate of drug-likeness (QED) is 0.410. The molecule has 7 heteroatoms. The zero-order valence-electron chi connectivity index (χ0n) is 15.7. The Bertz CT molecular complexity index is 1230. The van der Waals surface area contributed by atoms with Gasteiger partial charge in [0.25, 0.3) is 11.5 Å². The van der Waals surface area contributed by atoms with Crippen molar-refractivity contribution in [3.05, 3.63) is 64.7 Å². The third-order valence-corrected chi connectivity index (χ3v) is 4.65. The van der Waals surface area contributed by atoms with Crippen molar-refractivity contribution in [1.82, 2.24) is 20.2 Å². The van der Waals surface area contributed by atoms with Crippen LogP contribution in [0.3, 0.4) is 0 Å². The van der Waals surface area contributed by atoms with Crippen LogP contribution in [-0.4, -0.2) is 48.0 Å². The smallest absolute Gasteiger partial charge is 0.270 e. The molecule has 0 atom stereocenters. The van der Waals surface area contributed by atoms with Crippen molar-refractivity contribution in [3.63, 3.8) is 0 Å². The Morgan fingerprint density at radius 1 is 1.07 bits per heavy atom. The molecule has 6 nitrogen and oxygen atoms in total. The lowest BCUT2D eigenvalue weighted by atomic mass is 10.00. The van der Waals surface area contributed by atoms with E-state index in [0.29, 0.717) is 17.6 Å². The van der Waals surface area contributed by atoms with Crippen molar-refractivity contribution in [2.45, 2.75) is 0 Å². The summed E-state index contributed by atoms with van der Waals surface area (Å²) in [6, 6.07) is 13.2. The number of hydrogen-bond acceptors (Lipinski definition) is 4. The summed E-state index contributed by atoms with van der Waals surface area (Å²) in [7, 11) is 3.92. The molecule has 0 aliphatic heterocycles. The van der Waals surface area contributed by atoms with Crippen LogP contribution in [0.4, 0.5) is 0 Å². The third kappa shape index (κ3) is 3.56. The first-order valence-electron chi connectivity index (χ1n) is 8.81. The van der Waals surface area contributed by atoms with E-state index in [1.807, 2.05) is 61.5 Å². The lowest BCUT2D eigenvalue weighted by Crippen LogP contribution is -2.32. The number of nitrogens with zero attached hydrogens (tertiary/aromatic N) is 2. The third-order valence-electron chi connectivity index (χ3n) is 4.65. The molecule has 144 valence electrons. The minimum Gasteiger partial charge on any atom is -0.349 e. The maximum Gasteiger partial charge on any atom is 0.270 e. The van der Waals surface area contributed by atoms with E-state index in [0.717, 1.165) is 33.6 Å². The summed E-state index contributed by atoms with van der Waals surface area (Å²) in [5, 5.41) is 6.83. The molecule has 0 bridgehead atoms. The second-order valence-electron chi connectivity index (χ2n) is 6.83. The first kappa shape index (κ1) is 19.8. The largest absolute Gasteiger partial charge is 0.349 e. The standard InChI is InChI=1S/C21H20N4O2.ClH/c1-25(2)10-9-23-21(27)19-17-11-13-7-8-22-20(26)15(13)12-16(17)14-5-3-4-6-18(14)24-19;/h3-8,11-12H,9-10H2,1-2H3,(H,22,26)(H,23,27);1H. The second kappa shape index (κ2) is 7.96. The van der Waals surface area contributed by atoms with Crippen LogP contribution >= 0.6 is 12.4 Å². The fourth-order valence-corrected chi connectivity index (χ4v) is 3.28. The van der Waals surface area contributed by atoms with Gasteiger partial charge in [-0.25, -0.2) is 4.98 Å². The molecular formula is C21H21ClN4O2. The number of carbonyl (C=O) groups is 1. The zero-order chi connectivity index (χ0) is 19.0. The van der Waals surface area contributed by atoms with Crippen LogP contribution in [0.5, 0.6) is 0 Å². The van der Waals surface area contributed by atoms with Gasteiger partial charge in [-0.15, -0.1) is 12.4 Å². The van der Waals surface area contributed by atoms with Gasteiger partial charge in [-0.3, -0.25) is 9.59 Å². The molecule has 1 amide bonds. The van der Waals surface area contributed by atoms with Crippen LogP contribution in [0.2, 0.25) is 0 Å². The first-order chi connectivity index (χ1) is 13.0. The molecule has 0 unspecified atom stereocenters. The summed E-state index contributed by atoms with van der Waals surface area (Å²) < 4.78 is 0. The van der Waals surface area contributed by atoms with Crippen LogP contribution < -0.4 is 10.9 Å². The number of aromatic nitrogens is 2. The lowest BCUT2D eigenvalue weighted by Gasteiger charge is -2.13. The van der Waals surface area contributed by atoms with Gasteiger partial charge in [0.1, 0.15) is 5.69 Å². The molecule has 0 saturated heterocycles. The summed E-state index contributed by atoms with van der Waals surface area (Å²) in [5.41, 5.74) is 0.964. The van der Waals surface area contributed by atoms with Gasteiger partial charge in [-0.2, -0.15) is 0 Å². The number of carbonyl (C=O) groups excluding carboxylic acids is 1. The number of fused-ring (bicyclic) bond motifs is 4. The van der Waals surface area contributed by atoms with Crippen LogP contribution in [0.15, 0.2) is 53.5 Å². The molecule has 0 saturated carbocycles. The fourth-order valence-electron chi connectivity index (χ4n) is 3.28. The maximum absolute atomic E-state index is 12.8. The zero-order valence-corrected chi connectivity index (χ0v) is 16.5. The Labute approximate surface area is 168 Å². The first-order valence-corrected chi connectivity index (χ1v) is 8.81. The van der Waals surface area contributed by atoms with Gasteiger partial charge in [0.2, 0.25) is 0 Å². The predicted molar refractivity (Wildman–Crippen MR) is 116 cm³/mol. The Morgan fingerprint density at radius 3 is 2.64 bits per heavy atom. The molecule has 0 spiro atoms. The molecule has 2 heterocycles. The molecular weight excluding hydrogens is 376 g/mol. The van der Waals surface area contributed by atoms with Gasteiger partial charge < -0.3 is 15.2 Å². The summed E-state index contributed by atoms with van der Waals surface area (Å²) in [6.07, 6.45) is 1.61. The summed E-state index contributed by atoms with van der Waals surface area (Å²) in [5.74, 6) is -0.211. The van der Waals surface area contributed by atoms with Crippen molar-refractivity contribution >= 4 is 50.8 Å². The van der Waals surface area contributed by atoms with Gasteiger partial charge in [0, 0.05) is 35.4 Å². The Balaban J connectivity index is 0.00000225. The van der Waals surface area contributed by atoms with Gasteiger partial charge >= 0.3 is 0 Å². The normalized spacial score (nSPS) is 11.1. The van der Waals surface area contributed by atoms with Crippen LogP contribution in [0.25, 0.3) is 32.4 Å². The van der Waals surface area contributed by atoms with Crippen molar-refractivity contribution in [3.8, 4) is 0 Å². The highest BCUT2D eigenvalue weighted by atomic mass is 35.5. The van der Waals surface area contributed by atoms with E-state index in [1.165, 1.54) is 0 Å². The van der Waals surface area contributed by atoms with Crippen molar-refractivity contribution in [1.29, 1.82) is 0 Å². The number of rotatable bonds is 4. The van der Waals surface area contributed by atoms with Crippen molar-refractivity contribution < 1.29 is 4.79 Å². The van der Waals surface area contributed by atoms with Gasteiger partial charge in [-0.05, 0) is 49.1 Å². The number of H-pyrrole nitrogens is 1. The van der Waals surface area contributed by atoms with E-state index in [-0.39, 0.29) is 23.9 Å². The lowest BCUT2D eigenvalue weighted by molar-refractivity contribution is 0.0948. The van der Waals surface area contributed by atoms with E-state index in [4.69, 9.17) is 0 Å². The number of amides is 1. The number of halogens is 1. The number of likely N-dealkylation sites (N-methyl/N-ethyl adjacent to an activating group) is 1. The number of aromatic amines is 1. The van der Waals surface area contributed by atoms with Gasteiger partial charge in [0.05, 0.1) is 5.52 Å².